The molecule has 158 valence electrons. The van der Waals surface area contributed by atoms with Gasteiger partial charge in [-0.05, 0) is 36.5 Å². The van der Waals surface area contributed by atoms with Gasteiger partial charge in [0.15, 0.2) is 16.7 Å². The van der Waals surface area contributed by atoms with Crippen molar-refractivity contribution in [2.75, 3.05) is 14.2 Å². The van der Waals surface area contributed by atoms with Crippen LogP contribution < -0.4 is 15.0 Å². The molecule has 1 fully saturated rings. The predicted molar refractivity (Wildman–Crippen MR) is 119 cm³/mol. The molecule has 0 bridgehead atoms. The summed E-state index contributed by atoms with van der Waals surface area (Å²) in [6, 6.07) is 5.87. The van der Waals surface area contributed by atoms with E-state index < -0.39 is 0 Å². The second-order valence-electron chi connectivity index (χ2n) is 7.98. The third kappa shape index (κ3) is 5.56. The summed E-state index contributed by atoms with van der Waals surface area (Å²) in [6.45, 7) is 4.09. The highest BCUT2D eigenvalue weighted by Gasteiger charge is 2.19. The molecule has 0 amide bonds. The highest BCUT2D eigenvalue weighted by Crippen LogP contribution is 2.32. The van der Waals surface area contributed by atoms with Crippen molar-refractivity contribution in [3.8, 4) is 11.5 Å². The number of hydrogen-bond acceptors (Lipinski definition) is 5. The molecule has 1 saturated carbocycles. The first kappa shape index (κ1) is 21.8. The third-order valence-electron chi connectivity index (χ3n) is 5.49. The van der Waals surface area contributed by atoms with Crippen LogP contribution in [0.4, 0.5) is 0 Å². The molecule has 0 unspecified atom stereocenters. The topological polar surface area (TPSA) is 64.2 Å². The molecule has 0 radical (unpaired) electrons. The van der Waals surface area contributed by atoms with Gasteiger partial charge < -0.3 is 14.5 Å². The van der Waals surface area contributed by atoms with Crippen molar-refractivity contribution in [1.29, 1.82) is 0 Å². The number of hydrogen-bond donors (Lipinski definition) is 1. The Morgan fingerprint density at radius 2 is 1.79 bits per heavy atom. The van der Waals surface area contributed by atoms with Crippen molar-refractivity contribution >= 4 is 11.8 Å². The van der Waals surface area contributed by atoms with Gasteiger partial charge in [-0.15, -0.1) is 0 Å². The van der Waals surface area contributed by atoms with E-state index in [2.05, 4.69) is 4.98 Å². The zero-order valence-corrected chi connectivity index (χ0v) is 18.7. The van der Waals surface area contributed by atoms with E-state index in [0.717, 1.165) is 22.0 Å². The van der Waals surface area contributed by atoms with Crippen LogP contribution in [-0.4, -0.2) is 29.4 Å². The highest BCUT2D eigenvalue weighted by atomic mass is 32.2. The zero-order chi connectivity index (χ0) is 20.8. The number of nitrogens with zero attached hydrogens (tertiary/aromatic N) is 1. The Balaban J connectivity index is 1.91. The van der Waals surface area contributed by atoms with E-state index in [9.17, 15) is 4.79 Å². The fourth-order valence-electron chi connectivity index (χ4n) is 3.99. The Morgan fingerprint density at radius 1 is 1.10 bits per heavy atom. The van der Waals surface area contributed by atoms with E-state index in [4.69, 9.17) is 14.5 Å². The maximum absolute atomic E-state index is 12.9. The first-order chi connectivity index (χ1) is 14.0. The first-order valence-corrected chi connectivity index (χ1v) is 11.4. The minimum Gasteiger partial charge on any atom is -0.493 e. The van der Waals surface area contributed by atoms with Crippen molar-refractivity contribution in [3.63, 3.8) is 0 Å². The summed E-state index contributed by atoms with van der Waals surface area (Å²) >= 11 is 1.74. The SMILES string of the molecule is COc1ccc(Cc2nc(SC3CCCCCC3)[nH]c(=O)c2C(C)C)cc1OC. The van der Waals surface area contributed by atoms with E-state index >= 15 is 0 Å². The van der Waals surface area contributed by atoms with Gasteiger partial charge in [0.1, 0.15) is 0 Å². The maximum Gasteiger partial charge on any atom is 0.255 e. The molecule has 0 saturated heterocycles. The van der Waals surface area contributed by atoms with Crippen molar-refractivity contribution < 1.29 is 9.47 Å². The lowest BCUT2D eigenvalue weighted by molar-refractivity contribution is 0.354. The Kier molecular flexibility index (Phi) is 7.64. The van der Waals surface area contributed by atoms with E-state index in [0.29, 0.717) is 23.2 Å². The molecular formula is C23H32N2O3S. The molecule has 1 aromatic carbocycles. The molecule has 3 rings (SSSR count). The molecule has 1 aliphatic carbocycles. The minimum absolute atomic E-state index is 0.0124. The summed E-state index contributed by atoms with van der Waals surface area (Å²) < 4.78 is 10.8. The fourth-order valence-corrected chi connectivity index (χ4v) is 5.19. The predicted octanol–water partition coefficient (Wildman–Crippen LogP) is 5.32. The van der Waals surface area contributed by atoms with Crippen molar-refractivity contribution in [1.82, 2.24) is 9.97 Å². The molecule has 1 N–H and O–H groups in total. The number of nitrogens with one attached hydrogen (secondary N) is 1. The van der Waals surface area contributed by atoms with Gasteiger partial charge in [-0.25, -0.2) is 4.98 Å². The van der Waals surface area contributed by atoms with Crippen molar-refractivity contribution in [2.45, 2.75) is 75.1 Å². The first-order valence-electron chi connectivity index (χ1n) is 10.5. The minimum atomic E-state index is -0.0124. The average Bonchev–Trinajstić information content (AvgIpc) is 2.96. The Labute approximate surface area is 177 Å². The largest absolute Gasteiger partial charge is 0.493 e. The summed E-state index contributed by atoms with van der Waals surface area (Å²) in [5.41, 5.74) is 2.66. The number of aromatic amines is 1. The van der Waals surface area contributed by atoms with Crippen LogP contribution in [0.25, 0.3) is 0 Å². The van der Waals surface area contributed by atoms with E-state index in [-0.39, 0.29) is 11.5 Å². The van der Waals surface area contributed by atoms with Gasteiger partial charge in [-0.3, -0.25) is 4.79 Å². The van der Waals surface area contributed by atoms with Crippen LogP contribution in [0.5, 0.6) is 11.5 Å². The quantitative estimate of drug-likeness (QED) is 0.489. The zero-order valence-electron chi connectivity index (χ0n) is 17.9. The summed E-state index contributed by atoms with van der Waals surface area (Å²) in [5, 5.41) is 1.29. The van der Waals surface area contributed by atoms with Crippen LogP contribution in [0.1, 0.15) is 75.1 Å². The average molecular weight is 417 g/mol. The number of thioether (sulfide) groups is 1. The van der Waals surface area contributed by atoms with E-state index in [1.165, 1.54) is 38.5 Å². The van der Waals surface area contributed by atoms with Gasteiger partial charge in [0.05, 0.1) is 19.9 Å². The maximum atomic E-state index is 12.9. The molecule has 2 aromatic rings. The van der Waals surface area contributed by atoms with Gasteiger partial charge in [-0.2, -0.15) is 0 Å². The summed E-state index contributed by atoms with van der Waals surface area (Å²) in [4.78, 5) is 20.8. The fraction of sp³-hybridized carbons (Fsp3) is 0.565. The third-order valence-corrected chi connectivity index (χ3v) is 6.71. The second-order valence-corrected chi connectivity index (χ2v) is 9.27. The summed E-state index contributed by atoms with van der Waals surface area (Å²) in [7, 11) is 3.26. The molecule has 0 aliphatic heterocycles. The number of methoxy groups -OCH3 is 2. The van der Waals surface area contributed by atoms with Crippen LogP contribution in [0, 0.1) is 0 Å². The van der Waals surface area contributed by atoms with Crippen LogP contribution >= 0.6 is 11.8 Å². The highest BCUT2D eigenvalue weighted by molar-refractivity contribution is 7.99. The molecule has 1 heterocycles. The smallest absolute Gasteiger partial charge is 0.255 e. The number of ether oxygens (including phenoxy) is 2. The molecule has 1 aliphatic rings. The van der Waals surface area contributed by atoms with Crippen LogP contribution in [0.2, 0.25) is 0 Å². The van der Waals surface area contributed by atoms with Gasteiger partial charge in [0.25, 0.3) is 5.56 Å². The Bertz CT molecular complexity index is 871. The van der Waals surface area contributed by atoms with Crippen LogP contribution in [0.15, 0.2) is 28.2 Å². The lowest BCUT2D eigenvalue weighted by Crippen LogP contribution is -2.21. The molecule has 5 nitrogen and oxygen atoms in total. The van der Waals surface area contributed by atoms with Crippen LogP contribution in [-0.2, 0) is 6.42 Å². The van der Waals surface area contributed by atoms with Gasteiger partial charge in [-0.1, -0.05) is 57.4 Å². The number of aromatic nitrogens is 2. The van der Waals surface area contributed by atoms with Crippen molar-refractivity contribution in [2.24, 2.45) is 0 Å². The standard InChI is InChI=1S/C23H32N2O3S/c1-15(2)21-18(13-16-11-12-19(27-3)20(14-16)28-4)24-23(25-22(21)26)29-17-9-7-5-6-8-10-17/h11-12,14-15,17H,5-10,13H2,1-4H3,(H,24,25,26). The molecule has 29 heavy (non-hydrogen) atoms. The lowest BCUT2D eigenvalue weighted by Gasteiger charge is -2.16. The molecular weight excluding hydrogens is 384 g/mol. The molecule has 0 atom stereocenters. The number of benzene rings is 1. The number of H-pyrrole nitrogens is 1. The Morgan fingerprint density at radius 3 is 2.41 bits per heavy atom. The molecule has 0 spiro atoms. The lowest BCUT2D eigenvalue weighted by atomic mass is 9.98. The summed E-state index contributed by atoms with van der Waals surface area (Å²) in [5.74, 6) is 1.50. The van der Waals surface area contributed by atoms with E-state index in [1.54, 1.807) is 26.0 Å². The molecule has 6 heteroatoms. The van der Waals surface area contributed by atoms with Gasteiger partial charge >= 0.3 is 0 Å². The van der Waals surface area contributed by atoms with Crippen molar-refractivity contribution in [3.05, 3.63) is 45.4 Å². The molecule has 1 aromatic heterocycles. The van der Waals surface area contributed by atoms with E-state index in [1.807, 2.05) is 32.0 Å². The Hall–Kier alpha value is -1.95. The second kappa shape index (κ2) is 10.2. The number of rotatable bonds is 7. The monoisotopic (exact) mass is 416 g/mol. The van der Waals surface area contributed by atoms with Gasteiger partial charge in [0.2, 0.25) is 0 Å². The van der Waals surface area contributed by atoms with Gasteiger partial charge in [0, 0.05) is 17.2 Å². The normalized spacial score (nSPS) is 15.3. The summed E-state index contributed by atoms with van der Waals surface area (Å²) in [6.07, 6.45) is 8.16. The van der Waals surface area contributed by atoms with Crippen LogP contribution in [0.3, 0.4) is 0 Å².